The maximum absolute atomic E-state index is 13.9. The summed E-state index contributed by atoms with van der Waals surface area (Å²) in [6, 6.07) is 12.0. The van der Waals surface area contributed by atoms with Crippen LogP contribution in [0.2, 0.25) is 0 Å². The van der Waals surface area contributed by atoms with Crippen LogP contribution in [0, 0.1) is 6.92 Å². The number of ketones is 1. The summed E-state index contributed by atoms with van der Waals surface area (Å²) in [6.45, 7) is 5.60. The molecule has 3 aromatic rings. The van der Waals surface area contributed by atoms with E-state index in [4.69, 9.17) is 4.74 Å². The van der Waals surface area contributed by atoms with E-state index >= 15 is 0 Å². The van der Waals surface area contributed by atoms with Crippen molar-refractivity contribution in [2.75, 3.05) is 33.8 Å². The molecule has 0 radical (unpaired) electrons. The van der Waals surface area contributed by atoms with E-state index in [1.54, 1.807) is 34.6 Å². The molecule has 1 amide bonds. The van der Waals surface area contributed by atoms with Crippen molar-refractivity contribution in [2.45, 2.75) is 32.7 Å². The Kier molecular flexibility index (Phi) is 7.21. The monoisotopic (exact) mass is 476 g/mol. The summed E-state index contributed by atoms with van der Waals surface area (Å²) in [7, 11) is 4.08. The zero-order valence-corrected chi connectivity index (χ0v) is 20.7. The number of benzene rings is 1. The van der Waals surface area contributed by atoms with Gasteiger partial charge in [0.2, 0.25) is 5.78 Å². The number of likely N-dealkylation sites (tertiary alicyclic amines) is 1. The van der Waals surface area contributed by atoms with Crippen LogP contribution in [0.3, 0.4) is 0 Å². The molecule has 1 atom stereocenters. The molecule has 8 nitrogen and oxygen atoms in total. The summed E-state index contributed by atoms with van der Waals surface area (Å²) in [5.74, 6) is -1.13. The summed E-state index contributed by atoms with van der Waals surface area (Å²) < 4.78 is 7.37. The molecule has 184 valence electrons. The van der Waals surface area contributed by atoms with E-state index in [9.17, 15) is 14.7 Å². The largest absolute Gasteiger partial charge is 0.871 e. The van der Waals surface area contributed by atoms with Crippen LogP contribution in [-0.4, -0.2) is 59.8 Å². The number of nitrogens with one attached hydrogen (secondary N) is 1. The van der Waals surface area contributed by atoms with Gasteiger partial charge < -0.3 is 24.0 Å². The lowest BCUT2D eigenvalue weighted by molar-refractivity contribution is -0.858. The standard InChI is InChI=1S/C27H32N4O4/c1-5-17-35-20-12-10-19(11-13-20)24-22(26(33)27(34)31(24)16-8-14-29(3)4)25(32)23-18(2)28-21-9-6-7-15-30(21)23/h6-7,9-13,15,24,32H,5,8,14,16-17H2,1-4H3. The Hall–Kier alpha value is -3.65. The first-order valence-electron chi connectivity index (χ1n) is 12.1. The van der Waals surface area contributed by atoms with Crippen LogP contribution in [0.5, 0.6) is 5.75 Å². The number of Topliss-reactive ketones (excluding diaryl/α,β-unsaturated/α-hetero) is 1. The van der Waals surface area contributed by atoms with Crippen molar-refractivity contribution in [1.82, 2.24) is 14.3 Å². The summed E-state index contributed by atoms with van der Waals surface area (Å²) in [5, 5.41) is 13.9. The van der Waals surface area contributed by atoms with Gasteiger partial charge in [0, 0.05) is 24.7 Å². The van der Waals surface area contributed by atoms with Crippen LogP contribution in [0.1, 0.15) is 42.8 Å². The van der Waals surface area contributed by atoms with Crippen LogP contribution in [0.15, 0.2) is 54.2 Å². The molecule has 35 heavy (non-hydrogen) atoms. The van der Waals surface area contributed by atoms with E-state index in [2.05, 4.69) is 4.98 Å². The number of carbonyl (C=O) groups is 2. The maximum atomic E-state index is 13.9. The highest BCUT2D eigenvalue weighted by atomic mass is 16.5. The van der Waals surface area contributed by atoms with E-state index in [1.165, 1.54) is 4.90 Å². The predicted molar refractivity (Wildman–Crippen MR) is 131 cm³/mol. The number of ether oxygens (including phenoxy) is 1. The number of pyridine rings is 1. The Morgan fingerprint density at radius 3 is 2.57 bits per heavy atom. The van der Waals surface area contributed by atoms with Gasteiger partial charge in [0.25, 0.3) is 5.91 Å². The quantitative estimate of drug-likeness (QED) is 0.285. The lowest BCUT2D eigenvalue weighted by Crippen LogP contribution is -3.05. The van der Waals surface area contributed by atoms with Gasteiger partial charge in [-0.15, -0.1) is 0 Å². The molecule has 0 bridgehead atoms. The summed E-state index contributed by atoms with van der Waals surface area (Å²) >= 11 is 0. The highest BCUT2D eigenvalue weighted by molar-refractivity contribution is 6.46. The van der Waals surface area contributed by atoms with E-state index in [0.717, 1.165) is 13.0 Å². The third-order valence-corrected chi connectivity index (χ3v) is 6.19. The van der Waals surface area contributed by atoms with Crippen molar-refractivity contribution in [1.29, 1.82) is 0 Å². The van der Waals surface area contributed by atoms with Gasteiger partial charge in [-0.25, -0.2) is 4.98 Å². The molecular weight excluding hydrogens is 444 g/mol. The molecule has 0 saturated carbocycles. The van der Waals surface area contributed by atoms with Crippen LogP contribution < -0.4 is 14.7 Å². The Bertz CT molecular complexity index is 1260. The second kappa shape index (κ2) is 10.3. The number of carbonyl (C=O) groups excluding carboxylic acids is 2. The molecule has 8 heteroatoms. The van der Waals surface area contributed by atoms with Gasteiger partial charge in [-0.1, -0.05) is 30.9 Å². The van der Waals surface area contributed by atoms with Crippen LogP contribution in [0.4, 0.5) is 0 Å². The fraction of sp³-hybridized carbons (Fsp3) is 0.370. The number of nitrogens with zero attached hydrogens (tertiary/aromatic N) is 3. The molecule has 1 unspecified atom stereocenters. The van der Waals surface area contributed by atoms with E-state index in [1.807, 2.05) is 51.4 Å². The highest BCUT2D eigenvalue weighted by Gasteiger charge is 2.44. The molecule has 0 aliphatic carbocycles. The van der Waals surface area contributed by atoms with Gasteiger partial charge in [-0.2, -0.15) is 0 Å². The van der Waals surface area contributed by atoms with E-state index < -0.39 is 23.5 Å². The lowest BCUT2D eigenvalue weighted by Gasteiger charge is -2.27. The van der Waals surface area contributed by atoms with Gasteiger partial charge >= 0.3 is 0 Å². The van der Waals surface area contributed by atoms with Gasteiger partial charge in [0.1, 0.15) is 11.4 Å². The van der Waals surface area contributed by atoms with Gasteiger partial charge in [-0.3, -0.25) is 9.59 Å². The molecule has 1 saturated heterocycles. The fourth-order valence-electron chi connectivity index (χ4n) is 4.53. The van der Waals surface area contributed by atoms with Gasteiger partial charge in [-0.05, 0) is 43.2 Å². The van der Waals surface area contributed by atoms with Gasteiger partial charge in [0.05, 0.1) is 44.7 Å². The minimum Gasteiger partial charge on any atom is -0.871 e. The van der Waals surface area contributed by atoms with Crippen molar-refractivity contribution in [2.24, 2.45) is 0 Å². The molecular formula is C27H32N4O4. The summed E-state index contributed by atoms with van der Waals surface area (Å²) in [5.41, 5.74) is 2.13. The third-order valence-electron chi connectivity index (χ3n) is 6.19. The number of aromatic nitrogens is 2. The highest BCUT2D eigenvalue weighted by Crippen LogP contribution is 2.39. The SMILES string of the molecule is CCCOc1ccc(C2C(=C([O-])c3c(C)nc4ccccn34)C(=O)C(=O)N2CCC[NH+](C)C)cc1. The predicted octanol–water partition coefficient (Wildman–Crippen LogP) is 1.19. The zero-order chi connectivity index (χ0) is 25.1. The van der Waals surface area contributed by atoms with Crippen LogP contribution >= 0.6 is 0 Å². The molecule has 4 rings (SSSR count). The number of hydrogen-bond donors (Lipinski definition) is 1. The molecule has 1 aromatic carbocycles. The van der Waals surface area contributed by atoms with Crippen molar-refractivity contribution in [3.05, 3.63) is 71.2 Å². The number of rotatable bonds is 9. The number of quaternary nitrogens is 1. The Balaban J connectivity index is 1.82. The van der Waals surface area contributed by atoms with Crippen LogP contribution in [0.25, 0.3) is 11.4 Å². The molecule has 3 heterocycles. The molecule has 2 aromatic heterocycles. The second-order valence-corrected chi connectivity index (χ2v) is 9.18. The van der Waals surface area contributed by atoms with E-state index in [-0.39, 0.29) is 5.57 Å². The second-order valence-electron chi connectivity index (χ2n) is 9.18. The first kappa shape index (κ1) is 24.5. The van der Waals surface area contributed by atoms with Crippen molar-refractivity contribution in [3.8, 4) is 5.75 Å². The lowest BCUT2D eigenvalue weighted by atomic mass is 9.96. The molecule has 1 aliphatic heterocycles. The topological polar surface area (TPSA) is 91.4 Å². The third kappa shape index (κ3) is 4.79. The number of amides is 1. The first-order chi connectivity index (χ1) is 16.8. The maximum Gasteiger partial charge on any atom is 0.295 e. The average Bonchev–Trinajstić information content (AvgIpc) is 3.31. The minimum absolute atomic E-state index is 0.0248. The zero-order valence-electron chi connectivity index (χ0n) is 20.7. The number of hydrogen-bond acceptors (Lipinski definition) is 5. The number of aryl methyl sites for hydroxylation is 1. The molecule has 0 spiro atoms. The van der Waals surface area contributed by atoms with E-state index in [0.29, 0.717) is 47.9 Å². The summed E-state index contributed by atoms with van der Waals surface area (Å²) in [6.07, 6.45) is 3.35. The Labute approximate surface area is 205 Å². The average molecular weight is 477 g/mol. The molecule has 1 aliphatic rings. The summed E-state index contributed by atoms with van der Waals surface area (Å²) in [4.78, 5) is 33.7. The Morgan fingerprint density at radius 1 is 1.14 bits per heavy atom. The van der Waals surface area contributed by atoms with Gasteiger partial charge in [0.15, 0.2) is 0 Å². The Morgan fingerprint density at radius 2 is 1.89 bits per heavy atom. The fourth-order valence-corrected chi connectivity index (χ4v) is 4.53. The number of imidazole rings is 1. The first-order valence-corrected chi connectivity index (χ1v) is 12.1. The van der Waals surface area contributed by atoms with Crippen molar-refractivity contribution >= 4 is 23.1 Å². The number of fused-ring (bicyclic) bond motifs is 1. The smallest absolute Gasteiger partial charge is 0.295 e. The molecule has 1 fully saturated rings. The molecule has 1 N–H and O–H groups in total. The minimum atomic E-state index is -0.756. The van der Waals surface area contributed by atoms with Crippen LogP contribution in [-0.2, 0) is 9.59 Å². The van der Waals surface area contributed by atoms with Crippen molar-refractivity contribution < 1.29 is 24.3 Å². The van der Waals surface area contributed by atoms with Crippen molar-refractivity contribution in [3.63, 3.8) is 0 Å². The normalized spacial score (nSPS) is 17.6.